The molecule has 0 radical (unpaired) electrons. The van der Waals surface area contributed by atoms with E-state index in [1.807, 2.05) is 30.3 Å². The normalized spacial score (nSPS) is 17.9. The first-order chi connectivity index (χ1) is 7.21. The maximum absolute atomic E-state index is 13.5. The summed E-state index contributed by atoms with van der Waals surface area (Å²) in [5.41, 5.74) is -0.948. The number of nitrogens with one attached hydrogen (secondary N) is 1. The SMILES string of the molecule is O=C(OCc1ccccc1)C1(F)CNC1. The monoisotopic (exact) mass is 209 g/mol. The van der Waals surface area contributed by atoms with Crippen molar-refractivity contribution in [3.05, 3.63) is 35.9 Å². The third-order valence-corrected chi connectivity index (χ3v) is 2.39. The predicted molar refractivity (Wildman–Crippen MR) is 52.9 cm³/mol. The van der Waals surface area contributed by atoms with E-state index < -0.39 is 11.6 Å². The van der Waals surface area contributed by atoms with Gasteiger partial charge >= 0.3 is 5.97 Å². The van der Waals surface area contributed by atoms with Crippen LogP contribution >= 0.6 is 0 Å². The van der Waals surface area contributed by atoms with Gasteiger partial charge in [0.05, 0.1) is 0 Å². The molecule has 1 aliphatic heterocycles. The Balaban J connectivity index is 1.86. The second-order valence-corrected chi connectivity index (χ2v) is 3.63. The molecule has 15 heavy (non-hydrogen) atoms. The lowest BCUT2D eigenvalue weighted by Gasteiger charge is -2.32. The van der Waals surface area contributed by atoms with Gasteiger partial charge in [-0.3, -0.25) is 0 Å². The van der Waals surface area contributed by atoms with Gasteiger partial charge in [0.15, 0.2) is 0 Å². The molecule has 0 spiro atoms. The Hall–Kier alpha value is -1.42. The molecule has 1 N–H and O–H groups in total. The van der Waals surface area contributed by atoms with Crippen LogP contribution in [0.25, 0.3) is 0 Å². The maximum atomic E-state index is 13.5. The molecule has 0 aliphatic carbocycles. The molecule has 3 nitrogen and oxygen atoms in total. The van der Waals surface area contributed by atoms with Crippen LogP contribution in [0.1, 0.15) is 5.56 Å². The van der Waals surface area contributed by atoms with Crippen molar-refractivity contribution < 1.29 is 13.9 Å². The van der Waals surface area contributed by atoms with Crippen LogP contribution in [0.5, 0.6) is 0 Å². The van der Waals surface area contributed by atoms with E-state index in [1.54, 1.807) is 0 Å². The van der Waals surface area contributed by atoms with Crippen LogP contribution in [0.3, 0.4) is 0 Å². The number of benzene rings is 1. The van der Waals surface area contributed by atoms with Crippen LogP contribution in [0.2, 0.25) is 0 Å². The molecule has 0 amide bonds. The van der Waals surface area contributed by atoms with Gasteiger partial charge in [0.2, 0.25) is 5.67 Å². The first-order valence-electron chi connectivity index (χ1n) is 4.81. The van der Waals surface area contributed by atoms with Crippen molar-refractivity contribution in [2.75, 3.05) is 13.1 Å². The molecule has 1 saturated heterocycles. The number of esters is 1. The van der Waals surface area contributed by atoms with Crippen molar-refractivity contribution in [1.82, 2.24) is 5.32 Å². The number of carbonyl (C=O) groups is 1. The molecule has 80 valence electrons. The van der Waals surface area contributed by atoms with E-state index in [-0.39, 0.29) is 19.7 Å². The number of rotatable bonds is 3. The number of carbonyl (C=O) groups excluding carboxylic acids is 1. The summed E-state index contributed by atoms with van der Waals surface area (Å²) >= 11 is 0. The lowest BCUT2D eigenvalue weighted by molar-refractivity contribution is -0.162. The summed E-state index contributed by atoms with van der Waals surface area (Å²) in [7, 11) is 0. The fourth-order valence-electron chi connectivity index (χ4n) is 1.34. The van der Waals surface area contributed by atoms with Crippen LogP contribution < -0.4 is 5.32 Å². The van der Waals surface area contributed by atoms with Gasteiger partial charge in [-0.2, -0.15) is 0 Å². The molecule has 4 heteroatoms. The van der Waals surface area contributed by atoms with Crippen LogP contribution in [-0.2, 0) is 16.1 Å². The number of ether oxygens (including phenoxy) is 1. The van der Waals surface area contributed by atoms with Crippen molar-refractivity contribution in [2.45, 2.75) is 12.3 Å². The molecular weight excluding hydrogens is 197 g/mol. The predicted octanol–water partition coefficient (Wildman–Crippen LogP) is 1.04. The van der Waals surface area contributed by atoms with Crippen LogP contribution in [0, 0.1) is 0 Å². The summed E-state index contributed by atoms with van der Waals surface area (Å²) < 4.78 is 18.3. The summed E-state index contributed by atoms with van der Waals surface area (Å²) in [6, 6.07) is 9.23. The standard InChI is InChI=1S/C11H12FNO2/c12-11(7-13-8-11)10(14)15-6-9-4-2-1-3-5-9/h1-5,13H,6-8H2. The van der Waals surface area contributed by atoms with E-state index in [0.717, 1.165) is 5.56 Å². The topological polar surface area (TPSA) is 38.3 Å². The average molecular weight is 209 g/mol. The fraction of sp³-hybridized carbons (Fsp3) is 0.364. The first kappa shape index (κ1) is 10.1. The van der Waals surface area contributed by atoms with Crippen molar-refractivity contribution >= 4 is 5.97 Å². The zero-order chi connectivity index (χ0) is 10.7. The number of halogens is 1. The van der Waals surface area contributed by atoms with E-state index in [4.69, 9.17) is 4.74 Å². The van der Waals surface area contributed by atoms with E-state index in [0.29, 0.717) is 0 Å². The van der Waals surface area contributed by atoms with Gasteiger partial charge in [-0.05, 0) is 5.56 Å². The molecule has 1 aromatic carbocycles. The zero-order valence-electron chi connectivity index (χ0n) is 8.20. The van der Waals surface area contributed by atoms with Gasteiger partial charge in [0.25, 0.3) is 0 Å². The van der Waals surface area contributed by atoms with Crippen LogP contribution in [-0.4, -0.2) is 24.7 Å². The molecule has 0 atom stereocenters. The highest BCUT2D eigenvalue weighted by Gasteiger charge is 2.46. The lowest BCUT2D eigenvalue weighted by Crippen LogP contribution is -2.61. The molecule has 0 bridgehead atoms. The van der Waals surface area contributed by atoms with Crippen LogP contribution in [0.4, 0.5) is 4.39 Å². The molecule has 0 saturated carbocycles. The Kier molecular flexibility index (Phi) is 2.68. The summed E-state index contributed by atoms with van der Waals surface area (Å²) in [6.45, 7) is 0.243. The zero-order valence-corrected chi connectivity index (χ0v) is 8.20. The second-order valence-electron chi connectivity index (χ2n) is 3.63. The van der Waals surface area contributed by atoms with Crippen molar-refractivity contribution in [2.24, 2.45) is 0 Å². The molecule has 0 aromatic heterocycles. The minimum Gasteiger partial charge on any atom is -0.458 e. The molecule has 1 aromatic rings. The average Bonchev–Trinajstić information content (AvgIpc) is 2.24. The second kappa shape index (κ2) is 3.98. The molecule has 1 heterocycles. The number of alkyl halides is 1. The Morgan fingerprint density at radius 3 is 2.60 bits per heavy atom. The van der Waals surface area contributed by atoms with Gasteiger partial charge in [0.1, 0.15) is 6.61 Å². The Morgan fingerprint density at radius 1 is 1.40 bits per heavy atom. The minimum absolute atomic E-state index is 0.0562. The van der Waals surface area contributed by atoms with Gasteiger partial charge in [-0.1, -0.05) is 30.3 Å². The van der Waals surface area contributed by atoms with Gasteiger partial charge < -0.3 is 10.1 Å². The summed E-state index contributed by atoms with van der Waals surface area (Å²) in [5, 5.41) is 2.70. The van der Waals surface area contributed by atoms with Crippen molar-refractivity contribution in [3.63, 3.8) is 0 Å². The van der Waals surface area contributed by atoms with Gasteiger partial charge in [-0.25, -0.2) is 9.18 Å². The van der Waals surface area contributed by atoms with E-state index in [1.165, 1.54) is 0 Å². The summed E-state index contributed by atoms with van der Waals surface area (Å²) in [4.78, 5) is 11.3. The highest BCUT2D eigenvalue weighted by Crippen LogP contribution is 2.19. The minimum atomic E-state index is -1.81. The summed E-state index contributed by atoms with van der Waals surface area (Å²) in [6.07, 6.45) is 0. The lowest BCUT2D eigenvalue weighted by atomic mass is 10.0. The number of hydrogen-bond donors (Lipinski definition) is 1. The third-order valence-electron chi connectivity index (χ3n) is 2.39. The van der Waals surface area contributed by atoms with E-state index in [2.05, 4.69) is 5.32 Å². The third kappa shape index (κ3) is 2.15. The Bertz CT molecular complexity index is 349. The summed E-state index contributed by atoms with van der Waals surface area (Å²) in [5.74, 6) is -0.773. The fourth-order valence-corrected chi connectivity index (χ4v) is 1.34. The van der Waals surface area contributed by atoms with Crippen molar-refractivity contribution in [3.8, 4) is 0 Å². The molecule has 1 fully saturated rings. The Morgan fingerprint density at radius 2 is 2.07 bits per heavy atom. The maximum Gasteiger partial charge on any atom is 0.346 e. The highest BCUT2D eigenvalue weighted by molar-refractivity contribution is 5.81. The highest BCUT2D eigenvalue weighted by atomic mass is 19.1. The van der Waals surface area contributed by atoms with Crippen molar-refractivity contribution in [1.29, 1.82) is 0 Å². The van der Waals surface area contributed by atoms with E-state index >= 15 is 0 Å². The molecule has 0 unspecified atom stereocenters. The Labute approximate surface area is 87.2 Å². The molecule has 2 rings (SSSR count). The van der Waals surface area contributed by atoms with Gasteiger partial charge in [-0.15, -0.1) is 0 Å². The molecule has 1 aliphatic rings. The molecular formula is C11H12FNO2. The largest absolute Gasteiger partial charge is 0.458 e. The smallest absolute Gasteiger partial charge is 0.346 e. The first-order valence-corrected chi connectivity index (χ1v) is 4.81. The van der Waals surface area contributed by atoms with E-state index in [9.17, 15) is 9.18 Å². The number of hydrogen-bond acceptors (Lipinski definition) is 3. The quantitative estimate of drug-likeness (QED) is 0.756. The van der Waals surface area contributed by atoms with Crippen LogP contribution in [0.15, 0.2) is 30.3 Å². The van der Waals surface area contributed by atoms with Gasteiger partial charge in [0, 0.05) is 13.1 Å².